The number of aryl methyl sites for hydroxylation is 4. The molecule has 7 aromatic rings. The van der Waals surface area contributed by atoms with Crippen LogP contribution >= 0.6 is 0 Å². The predicted molar refractivity (Wildman–Crippen MR) is 197 cm³/mol. The molecule has 0 radical (unpaired) electrons. The van der Waals surface area contributed by atoms with E-state index < -0.39 is 0 Å². The molecule has 0 aliphatic rings. The number of benzene rings is 4. The van der Waals surface area contributed by atoms with Crippen molar-refractivity contribution in [2.75, 3.05) is 0 Å². The first-order chi connectivity index (χ1) is 23.0. The maximum absolute atomic E-state index is 6.60. The van der Waals surface area contributed by atoms with E-state index in [0.717, 1.165) is 55.8 Å². The van der Waals surface area contributed by atoms with Gasteiger partial charge in [-0.1, -0.05) is 63.5 Å². The molecule has 0 unspecified atom stereocenters. The van der Waals surface area contributed by atoms with Gasteiger partial charge in [-0.2, -0.15) is 11.2 Å². The maximum Gasteiger partial charge on any atom is 2.00 e. The summed E-state index contributed by atoms with van der Waals surface area (Å²) in [6.45, 7) is 19.7. The van der Waals surface area contributed by atoms with Gasteiger partial charge in [-0.25, -0.2) is 4.98 Å². The molecule has 0 N–H and O–H groups in total. The molecular weight excluding hydrogens is 695 g/mol. The normalized spacial score (nSPS) is 11.6. The molecule has 6 heteroatoms. The third-order valence-electron chi connectivity index (χ3n) is 9.42. The number of para-hydroxylation sites is 1. The van der Waals surface area contributed by atoms with Crippen LogP contribution in [-0.4, -0.2) is 19.3 Å². The van der Waals surface area contributed by atoms with Crippen LogP contribution in [0.2, 0.25) is 0 Å². The number of fused-ring (bicyclic) bond motifs is 3. The van der Waals surface area contributed by atoms with Crippen molar-refractivity contribution in [3.8, 4) is 34.1 Å². The predicted octanol–water partition coefficient (Wildman–Crippen LogP) is 11.2. The molecular formula is C43H42N4OPd. The van der Waals surface area contributed by atoms with Crippen molar-refractivity contribution in [2.45, 2.75) is 74.1 Å². The van der Waals surface area contributed by atoms with E-state index in [-0.39, 0.29) is 26.3 Å². The number of aromatic nitrogens is 4. The van der Waals surface area contributed by atoms with E-state index in [1.807, 2.05) is 23.0 Å². The summed E-state index contributed by atoms with van der Waals surface area (Å²) in [7, 11) is 0. The van der Waals surface area contributed by atoms with E-state index in [4.69, 9.17) is 14.8 Å². The van der Waals surface area contributed by atoms with E-state index in [2.05, 4.69) is 140 Å². The van der Waals surface area contributed by atoms with Crippen LogP contribution in [0.25, 0.3) is 44.4 Å². The van der Waals surface area contributed by atoms with Crippen LogP contribution in [-0.2, 0) is 20.4 Å². The molecule has 0 fully saturated rings. The topological polar surface area (TPSA) is 44.9 Å². The van der Waals surface area contributed by atoms with Gasteiger partial charge in [-0.05, 0) is 104 Å². The molecule has 0 spiro atoms. The summed E-state index contributed by atoms with van der Waals surface area (Å²) < 4.78 is 10.8. The SMILES string of the molecule is Cc1ccnc(-n2c3[c-]c(Oc4[c-]c(-n5nc(C)c(-c6c(C)cc(C(C)C)cc6C)c5C)cc(C(C)C)c4)ccc3c3ccccc32)c1.[Pd+2]. The van der Waals surface area contributed by atoms with Gasteiger partial charge >= 0.3 is 20.4 Å². The van der Waals surface area contributed by atoms with E-state index in [1.165, 1.54) is 27.8 Å². The first kappa shape index (κ1) is 34.4. The molecule has 0 amide bonds. The second-order valence-electron chi connectivity index (χ2n) is 13.7. The summed E-state index contributed by atoms with van der Waals surface area (Å²) in [4.78, 5) is 4.72. The van der Waals surface area contributed by atoms with Gasteiger partial charge in [0, 0.05) is 34.5 Å². The van der Waals surface area contributed by atoms with Crippen LogP contribution in [0.4, 0.5) is 0 Å². The van der Waals surface area contributed by atoms with E-state index in [9.17, 15) is 0 Å². The Hall–Kier alpha value is -4.50. The Labute approximate surface area is 303 Å². The van der Waals surface area contributed by atoms with Gasteiger partial charge in [0.2, 0.25) is 0 Å². The van der Waals surface area contributed by atoms with Crippen molar-refractivity contribution in [1.29, 1.82) is 0 Å². The second kappa shape index (κ2) is 13.4. The second-order valence-corrected chi connectivity index (χ2v) is 13.7. The molecule has 0 bridgehead atoms. The molecule has 0 aliphatic heterocycles. The van der Waals surface area contributed by atoms with Crippen LogP contribution in [0.3, 0.4) is 0 Å². The van der Waals surface area contributed by atoms with Crippen molar-refractivity contribution in [3.63, 3.8) is 0 Å². The summed E-state index contributed by atoms with van der Waals surface area (Å²) in [6.07, 6.45) is 1.85. The summed E-state index contributed by atoms with van der Waals surface area (Å²) >= 11 is 0. The number of hydrogen-bond donors (Lipinski definition) is 0. The fourth-order valence-corrected chi connectivity index (χ4v) is 6.95. The molecule has 0 atom stereocenters. The fourth-order valence-electron chi connectivity index (χ4n) is 6.95. The minimum atomic E-state index is 0. The molecule has 3 heterocycles. The number of pyridine rings is 1. The first-order valence-electron chi connectivity index (χ1n) is 16.8. The largest absolute Gasteiger partial charge is 2.00 e. The molecule has 4 aromatic carbocycles. The van der Waals surface area contributed by atoms with Gasteiger partial charge < -0.3 is 9.30 Å². The molecule has 250 valence electrons. The Bertz CT molecular complexity index is 2320. The molecule has 3 aromatic heterocycles. The minimum absolute atomic E-state index is 0. The smallest absolute Gasteiger partial charge is 0.509 e. The van der Waals surface area contributed by atoms with Gasteiger partial charge in [0.1, 0.15) is 5.82 Å². The van der Waals surface area contributed by atoms with Gasteiger partial charge in [-0.3, -0.25) is 4.68 Å². The third kappa shape index (κ3) is 6.25. The van der Waals surface area contributed by atoms with E-state index in [0.29, 0.717) is 17.4 Å². The molecule has 0 saturated carbocycles. The number of rotatable bonds is 7. The van der Waals surface area contributed by atoms with E-state index >= 15 is 0 Å². The number of nitrogens with zero attached hydrogens (tertiary/aromatic N) is 4. The standard InChI is InChI=1S/C43H42N4O.Pd/c1-25(2)32-19-28(6)42(29(7)20-32)43-30(8)45-47(31(43)9)34-21-33(26(3)4)22-36(23-34)48-35-14-15-38-37-12-10-11-13-39(37)46(40(38)24-35)41-18-27(5)16-17-44-41;/h10-22,25-26H,1-9H3;/q-2;+2. The average molecular weight is 737 g/mol. The van der Waals surface area contributed by atoms with Crippen molar-refractivity contribution in [2.24, 2.45) is 0 Å². The number of ether oxygens (including phenoxy) is 1. The number of hydrogen-bond acceptors (Lipinski definition) is 3. The van der Waals surface area contributed by atoms with Gasteiger partial charge in [0.15, 0.2) is 0 Å². The van der Waals surface area contributed by atoms with E-state index in [1.54, 1.807) is 0 Å². The summed E-state index contributed by atoms with van der Waals surface area (Å²) in [6, 6.07) is 32.7. The summed E-state index contributed by atoms with van der Waals surface area (Å²) in [5, 5.41) is 7.33. The van der Waals surface area contributed by atoms with Gasteiger partial charge in [0.25, 0.3) is 0 Å². The Morgan fingerprint density at radius 1 is 0.694 bits per heavy atom. The van der Waals surface area contributed by atoms with Crippen molar-refractivity contribution in [3.05, 3.63) is 130 Å². The zero-order valence-corrected chi connectivity index (χ0v) is 31.2. The zero-order valence-electron chi connectivity index (χ0n) is 29.7. The molecule has 5 nitrogen and oxygen atoms in total. The first-order valence-corrected chi connectivity index (χ1v) is 16.8. The average Bonchev–Trinajstić information content (AvgIpc) is 3.53. The van der Waals surface area contributed by atoms with Crippen LogP contribution in [0.5, 0.6) is 11.5 Å². The summed E-state index contributed by atoms with van der Waals surface area (Å²) in [5.41, 5.74) is 13.6. The van der Waals surface area contributed by atoms with Crippen LogP contribution in [0.15, 0.2) is 79.0 Å². The van der Waals surface area contributed by atoms with Crippen LogP contribution in [0, 0.1) is 46.8 Å². The third-order valence-corrected chi connectivity index (χ3v) is 9.42. The molecule has 0 saturated heterocycles. The van der Waals surface area contributed by atoms with Crippen molar-refractivity contribution < 1.29 is 25.2 Å². The monoisotopic (exact) mass is 736 g/mol. The van der Waals surface area contributed by atoms with Gasteiger partial charge in [-0.15, -0.1) is 41.3 Å². The Morgan fingerprint density at radius 3 is 2.08 bits per heavy atom. The fraction of sp³-hybridized carbons (Fsp3) is 0.256. The Balaban J connectivity index is 0.00000417. The zero-order chi connectivity index (χ0) is 33.9. The molecule has 49 heavy (non-hydrogen) atoms. The Kier molecular flexibility index (Phi) is 9.42. The Morgan fingerprint density at radius 2 is 1.39 bits per heavy atom. The molecule has 7 rings (SSSR count). The quantitative estimate of drug-likeness (QED) is 0.121. The van der Waals surface area contributed by atoms with Crippen LogP contribution in [0.1, 0.15) is 78.7 Å². The van der Waals surface area contributed by atoms with Crippen molar-refractivity contribution in [1.82, 2.24) is 19.3 Å². The minimum Gasteiger partial charge on any atom is -0.509 e. The molecule has 0 aliphatic carbocycles. The van der Waals surface area contributed by atoms with Crippen LogP contribution < -0.4 is 4.74 Å². The maximum atomic E-state index is 6.60. The van der Waals surface area contributed by atoms with Crippen molar-refractivity contribution >= 4 is 21.8 Å². The van der Waals surface area contributed by atoms with Gasteiger partial charge in [0.05, 0.1) is 5.69 Å². The summed E-state index contributed by atoms with van der Waals surface area (Å²) in [5.74, 6) is 2.87.